The SMILES string of the molecule is CN1CCC(CCN)C2CSCCC21. The summed E-state index contributed by atoms with van der Waals surface area (Å²) in [5, 5.41) is 0. The highest BCUT2D eigenvalue weighted by atomic mass is 32.2. The third-order valence-corrected chi connectivity index (χ3v) is 5.07. The molecular weight excluding hydrogens is 192 g/mol. The fourth-order valence-corrected chi connectivity index (χ4v) is 4.41. The molecule has 3 heteroatoms. The molecule has 0 aromatic carbocycles. The monoisotopic (exact) mass is 214 g/mol. The summed E-state index contributed by atoms with van der Waals surface area (Å²) in [6, 6.07) is 0.863. The molecule has 0 amide bonds. The van der Waals surface area contributed by atoms with E-state index in [1.54, 1.807) is 0 Å². The normalized spacial score (nSPS) is 39.4. The van der Waals surface area contributed by atoms with Crippen molar-refractivity contribution in [3.05, 3.63) is 0 Å². The molecule has 2 rings (SSSR count). The molecule has 3 atom stereocenters. The van der Waals surface area contributed by atoms with Gasteiger partial charge in [-0.1, -0.05) is 0 Å². The molecule has 14 heavy (non-hydrogen) atoms. The molecule has 0 aromatic heterocycles. The van der Waals surface area contributed by atoms with Crippen LogP contribution in [0.4, 0.5) is 0 Å². The second kappa shape index (κ2) is 4.86. The van der Waals surface area contributed by atoms with Crippen LogP contribution in [0.15, 0.2) is 0 Å². The van der Waals surface area contributed by atoms with Gasteiger partial charge in [0.1, 0.15) is 0 Å². The van der Waals surface area contributed by atoms with Crippen LogP contribution in [0, 0.1) is 11.8 Å². The van der Waals surface area contributed by atoms with Gasteiger partial charge in [-0.2, -0.15) is 11.8 Å². The molecule has 2 N–H and O–H groups in total. The third kappa shape index (κ3) is 2.10. The second-order valence-electron chi connectivity index (χ2n) is 4.70. The fourth-order valence-electron chi connectivity index (χ4n) is 3.07. The summed E-state index contributed by atoms with van der Waals surface area (Å²) in [5.74, 6) is 4.57. The summed E-state index contributed by atoms with van der Waals surface area (Å²) in [7, 11) is 2.30. The van der Waals surface area contributed by atoms with Crippen molar-refractivity contribution in [2.24, 2.45) is 17.6 Å². The van der Waals surface area contributed by atoms with E-state index in [1.165, 1.54) is 37.3 Å². The number of hydrogen-bond acceptors (Lipinski definition) is 3. The molecule has 2 saturated heterocycles. The first kappa shape index (κ1) is 10.8. The maximum Gasteiger partial charge on any atom is 0.0139 e. The van der Waals surface area contributed by atoms with Gasteiger partial charge in [-0.25, -0.2) is 0 Å². The van der Waals surface area contributed by atoms with E-state index in [0.717, 1.165) is 24.4 Å². The van der Waals surface area contributed by atoms with Crippen molar-refractivity contribution >= 4 is 11.8 Å². The summed E-state index contributed by atoms with van der Waals surface area (Å²) in [6.07, 6.45) is 4.01. The molecule has 2 nitrogen and oxygen atoms in total. The van der Waals surface area contributed by atoms with Crippen molar-refractivity contribution in [1.82, 2.24) is 4.90 Å². The fraction of sp³-hybridized carbons (Fsp3) is 1.00. The third-order valence-electron chi connectivity index (χ3n) is 3.92. The summed E-state index contributed by atoms with van der Waals surface area (Å²) in [5.41, 5.74) is 5.70. The standard InChI is InChI=1S/C11H22N2S/c1-13-6-3-9(2-5-12)10-8-14-7-4-11(10)13/h9-11H,2-8,12H2,1H3. The minimum absolute atomic E-state index is 0.863. The van der Waals surface area contributed by atoms with E-state index >= 15 is 0 Å². The van der Waals surface area contributed by atoms with Crippen LogP contribution in [0.2, 0.25) is 0 Å². The highest BCUT2D eigenvalue weighted by Gasteiger charge is 2.37. The molecule has 0 aromatic rings. The zero-order chi connectivity index (χ0) is 9.97. The number of rotatable bonds is 2. The first-order valence-electron chi connectivity index (χ1n) is 5.81. The average molecular weight is 214 g/mol. The minimum atomic E-state index is 0.863. The Hall–Kier alpha value is 0.270. The first-order valence-corrected chi connectivity index (χ1v) is 6.96. The van der Waals surface area contributed by atoms with Crippen LogP contribution < -0.4 is 5.73 Å². The summed E-state index contributed by atoms with van der Waals surface area (Å²) in [6.45, 7) is 2.17. The van der Waals surface area contributed by atoms with Crippen LogP contribution in [0.5, 0.6) is 0 Å². The average Bonchev–Trinajstić information content (AvgIpc) is 2.23. The summed E-state index contributed by atoms with van der Waals surface area (Å²) < 4.78 is 0. The number of fused-ring (bicyclic) bond motifs is 1. The Balaban J connectivity index is 2.00. The Morgan fingerprint density at radius 1 is 1.43 bits per heavy atom. The minimum Gasteiger partial charge on any atom is -0.330 e. The van der Waals surface area contributed by atoms with E-state index in [4.69, 9.17) is 5.73 Å². The van der Waals surface area contributed by atoms with Crippen molar-refractivity contribution < 1.29 is 0 Å². The Bertz CT molecular complexity index is 186. The van der Waals surface area contributed by atoms with Crippen molar-refractivity contribution in [2.45, 2.75) is 25.3 Å². The zero-order valence-corrected chi connectivity index (χ0v) is 9.93. The summed E-state index contributed by atoms with van der Waals surface area (Å²) >= 11 is 2.14. The van der Waals surface area contributed by atoms with Crippen LogP contribution in [0.1, 0.15) is 19.3 Å². The van der Waals surface area contributed by atoms with E-state index in [0.29, 0.717) is 0 Å². The Morgan fingerprint density at radius 2 is 2.29 bits per heavy atom. The van der Waals surface area contributed by atoms with Crippen LogP contribution in [-0.4, -0.2) is 42.6 Å². The van der Waals surface area contributed by atoms with Crippen LogP contribution in [-0.2, 0) is 0 Å². The number of likely N-dealkylation sites (tertiary alicyclic amines) is 1. The van der Waals surface area contributed by atoms with Gasteiger partial charge in [0.05, 0.1) is 0 Å². The van der Waals surface area contributed by atoms with Crippen molar-refractivity contribution in [1.29, 1.82) is 0 Å². The Morgan fingerprint density at radius 3 is 3.07 bits per heavy atom. The van der Waals surface area contributed by atoms with Crippen LogP contribution in [0.25, 0.3) is 0 Å². The number of nitrogens with two attached hydrogens (primary N) is 1. The van der Waals surface area contributed by atoms with Crippen LogP contribution >= 0.6 is 11.8 Å². The largest absolute Gasteiger partial charge is 0.330 e. The van der Waals surface area contributed by atoms with Crippen molar-refractivity contribution in [3.8, 4) is 0 Å². The quantitative estimate of drug-likeness (QED) is 0.753. The van der Waals surface area contributed by atoms with Gasteiger partial charge in [0.25, 0.3) is 0 Å². The first-order chi connectivity index (χ1) is 6.83. The number of nitrogens with zero attached hydrogens (tertiary/aromatic N) is 1. The number of thioether (sulfide) groups is 1. The second-order valence-corrected chi connectivity index (χ2v) is 5.85. The van der Waals surface area contributed by atoms with Gasteiger partial charge in [0.15, 0.2) is 0 Å². The van der Waals surface area contributed by atoms with Gasteiger partial charge in [0, 0.05) is 6.04 Å². The zero-order valence-electron chi connectivity index (χ0n) is 9.11. The molecule has 0 spiro atoms. The van der Waals surface area contributed by atoms with E-state index < -0.39 is 0 Å². The molecule has 2 aliphatic rings. The summed E-state index contributed by atoms with van der Waals surface area (Å²) in [4.78, 5) is 2.58. The molecule has 82 valence electrons. The van der Waals surface area contributed by atoms with Gasteiger partial charge < -0.3 is 10.6 Å². The highest BCUT2D eigenvalue weighted by molar-refractivity contribution is 7.99. The van der Waals surface area contributed by atoms with E-state index in [-0.39, 0.29) is 0 Å². The molecule has 2 fully saturated rings. The molecule has 0 aliphatic carbocycles. The van der Waals surface area contributed by atoms with E-state index in [9.17, 15) is 0 Å². The van der Waals surface area contributed by atoms with Gasteiger partial charge in [-0.05, 0) is 62.7 Å². The molecule has 0 radical (unpaired) electrons. The predicted octanol–water partition coefficient (Wildman–Crippen LogP) is 1.41. The lowest BCUT2D eigenvalue weighted by Crippen LogP contribution is -2.50. The molecule has 0 bridgehead atoms. The smallest absolute Gasteiger partial charge is 0.0139 e. The van der Waals surface area contributed by atoms with E-state index in [1.807, 2.05) is 0 Å². The lowest BCUT2D eigenvalue weighted by molar-refractivity contribution is 0.0738. The highest BCUT2D eigenvalue weighted by Crippen LogP contribution is 2.38. The Kier molecular flexibility index (Phi) is 3.74. The van der Waals surface area contributed by atoms with Gasteiger partial charge in [-0.15, -0.1) is 0 Å². The van der Waals surface area contributed by atoms with Crippen molar-refractivity contribution in [2.75, 3.05) is 31.6 Å². The molecule has 2 aliphatic heterocycles. The predicted molar refractivity (Wildman–Crippen MR) is 63.6 cm³/mol. The van der Waals surface area contributed by atoms with Crippen molar-refractivity contribution in [3.63, 3.8) is 0 Å². The number of piperidine rings is 1. The van der Waals surface area contributed by atoms with Gasteiger partial charge in [0.2, 0.25) is 0 Å². The molecule has 0 saturated carbocycles. The molecular formula is C11H22N2S. The van der Waals surface area contributed by atoms with Gasteiger partial charge in [-0.3, -0.25) is 0 Å². The van der Waals surface area contributed by atoms with Crippen LogP contribution in [0.3, 0.4) is 0 Å². The lowest BCUT2D eigenvalue weighted by Gasteiger charge is -2.46. The lowest BCUT2D eigenvalue weighted by atomic mass is 9.78. The molecule has 3 unspecified atom stereocenters. The number of hydrogen-bond donors (Lipinski definition) is 1. The van der Waals surface area contributed by atoms with E-state index in [2.05, 4.69) is 23.7 Å². The maximum atomic E-state index is 5.70. The maximum absolute atomic E-state index is 5.70. The Labute approximate surface area is 91.6 Å². The topological polar surface area (TPSA) is 29.3 Å². The van der Waals surface area contributed by atoms with Gasteiger partial charge >= 0.3 is 0 Å². The molecule has 2 heterocycles.